The van der Waals surface area contributed by atoms with Gasteiger partial charge in [0.2, 0.25) is 0 Å². The Morgan fingerprint density at radius 1 is 0.854 bits per heavy atom. The molecule has 0 aliphatic heterocycles. The normalized spacial score (nSPS) is 44.2. The minimum atomic E-state index is -0.881. The molecule has 4 fully saturated rings. The van der Waals surface area contributed by atoms with Crippen LogP contribution in [0.4, 0.5) is 0 Å². The van der Waals surface area contributed by atoms with Gasteiger partial charge in [-0.15, -0.1) is 0 Å². The van der Waals surface area contributed by atoms with Crippen LogP contribution in [0.1, 0.15) is 132 Å². The van der Waals surface area contributed by atoms with Crippen molar-refractivity contribution in [3.63, 3.8) is 0 Å². The molecular weight excluding hydrogens is 516 g/mol. The minimum absolute atomic E-state index is 0.00146. The van der Waals surface area contributed by atoms with Gasteiger partial charge in [0.15, 0.2) is 0 Å². The van der Waals surface area contributed by atoms with Gasteiger partial charge in [0.1, 0.15) is 6.10 Å². The maximum atomic E-state index is 12.9. The Morgan fingerprint density at radius 3 is 2.20 bits per heavy atom. The number of hydrogen-bond acceptors (Lipinski definition) is 4. The highest BCUT2D eigenvalue weighted by atomic mass is 16.5. The lowest BCUT2D eigenvalue weighted by Gasteiger charge is -2.71. The number of carboxylic acids is 2. The van der Waals surface area contributed by atoms with E-state index in [9.17, 15) is 19.5 Å². The van der Waals surface area contributed by atoms with E-state index < -0.39 is 17.4 Å². The Bertz CT molecular complexity index is 1140. The summed E-state index contributed by atoms with van der Waals surface area (Å²) in [6.45, 7) is 16.7. The number of carbonyl (C=O) groups is 3. The van der Waals surface area contributed by atoms with Crippen LogP contribution in [0.3, 0.4) is 0 Å². The quantitative estimate of drug-likeness (QED) is 0.248. The van der Waals surface area contributed by atoms with E-state index >= 15 is 0 Å². The monoisotopic (exact) mass is 570 g/mol. The van der Waals surface area contributed by atoms with Gasteiger partial charge in [-0.3, -0.25) is 14.4 Å². The lowest BCUT2D eigenvalue weighted by atomic mass is 9.33. The maximum Gasteiger partial charge on any atom is 0.310 e. The number of hydrogen-bond donors (Lipinski definition) is 2. The van der Waals surface area contributed by atoms with Crippen molar-refractivity contribution >= 4 is 17.9 Å². The third kappa shape index (κ3) is 4.51. The van der Waals surface area contributed by atoms with Gasteiger partial charge >= 0.3 is 17.9 Å². The van der Waals surface area contributed by atoms with Gasteiger partial charge in [0.25, 0.3) is 0 Å². The van der Waals surface area contributed by atoms with Crippen LogP contribution in [0.5, 0.6) is 0 Å². The van der Waals surface area contributed by atoms with Crippen molar-refractivity contribution < 1.29 is 29.3 Å². The summed E-state index contributed by atoms with van der Waals surface area (Å²) >= 11 is 0. The first-order chi connectivity index (χ1) is 18.9. The maximum absolute atomic E-state index is 12.9. The first kappa shape index (κ1) is 30.6. The molecule has 5 rings (SSSR count). The number of rotatable bonds is 6. The molecule has 0 radical (unpaired) electrons. The van der Waals surface area contributed by atoms with Gasteiger partial charge in [-0.25, -0.2) is 0 Å². The predicted molar refractivity (Wildman–Crippen MR) is 158 cm³/mol. The second-order valence-corrected chi connectivity index (χ2v) is 16.8. The summed E-state index contributed by atoms with van der Waals surface area (Å²) in [5, 5.41) is 19.5. The van der Waals surface area contributed by atoms with Crippen LogP contribution in [-0.2, 0) is 19.1 Å². The van der Waals surface area contributed by atoms with Crippen LogP contribution >= 0.6 is 0 Å². The number of allylic oxidation sites excluding steroid dienone is 2. The van der Waals surface area contributed by atoms with Crippen molar-refractivity contribution in [3.8, 4) is 0 Å². The highest BCUT2D eigenvalue weighted by Crippen LogP contribution is 2.75. The van der Waals surface area contributed by atoms with Crippen molar-refractivity contribution in [2.24, 2.45) is 50.2 Å². The molecular formula is C35H54O6. The third-order valence-corrected chi connectivity index (χ3v) is 14.0. The zero-order valence-electron chi connectivity index (χ0n) is 26.6. The molecule has 2 N–H and O–H groups in total. The molecule has 6 heteroatoms. The van der Waals surface area contributed by atoms with Crippen LogP contribution in [0, 0.1) is 50.2 Å². The van der Waals surface area contributed by atoms with Crippen molar-refractivity contribution in [2.75, 3.05) is 0 Å². The SMILES string of the molecule is CC1(C)CC[C@]2(C(=O)O)CC[C@]3(C)C(=CC[C@@H]4[C@@]5(C)CC[C@H](OC(=O)CCCC(=O)O)C(C)(C)[C@@H]5CC[C@]43C)[C@@H]2C1. The second-order valence-electron chi connectivity index (χ2n) is 16.8. The number of fused-ring (bicyclic) bond motifs is 7. The molecule has 0 aromatic rings. The predicted octanol–water partition coefficient (Wildman–Crippen LogP) is 8.04. The van der Waals surface area contributed by atoms with Gasteiger partial charge < -0.3 is 14.9 Å². The lowest BCUT2D eigenvalue weighted by Crippen LogP contribution is -2.65. The highest BCUT2D eigenvalue weighted by Gasteiger charge is 2.69. The van der Waals surface area contributed by atoms with Crippen molar-refractivity contribution in [1.29, 1.82) is 0 Å². The van der Waals surface area contributed by atoms with E-state index in [0.29, 0.717) is 18.3 Å². The van der Waals surface area contributed by atoms with Gasteiger partial charge in [0.05, 0.1) is 5.41 Å². The lowest BCUT2D eigenvalue weighted by molar-refractivity contribution is -0.214. The molecule has 0 aromatic heterocycles. The Hall–Kier alpha value is -1.85. The van der Waals surface area contributed by atoms with E-state index in [1.54, 1.807) is 0 Å². The van der Waals surface area contributed by atoms with Gasteiger partial charge in [-0.2, -0.15) is 0 Å². The molecule has 5 aliphatic carbocycles. The summed E-state index contributed by atoms with van der Waals surface area (Å²) in [5.74, 6) is -0.685. The van der Waals surface area contributed by atoms with Gasteiger partial charge in [-0.1, -0.05) is 60.1 Å². The summed E-state index contributed by atoms with van der Waals surface area (Å²) in [6.07, 6.45) is 12.4. The van der Waals surface area contributed by atoms with E-state index in [4.69, 9.17) is 9.84 Å². The number of ether oxygens (including phenoxy) is 1. The zero-order valence-corrected chi connectivity index (χ0v) is 26.6. The van der Waals surface area contributed by atoms with Gasteiger partial charge in [0, 0.05) is 18.3 Å². The van der Waals surface area contributed by atoms with Crippen molar-refractivity contribution in [1.82, 2.24) is 0 Å². The molecule has 0 aromatic carbocycles. The average Bonchev–Trinajstić information content (AvgIpc) is 2.85. The molecule has 0 saturated heterocycles. The smallest absolute Gasteiger partial charge is 0.310 e. The topological polar surface area (TPSA) is 101 Å². The summed E-state index contributed by atoms with van der Waals surface area (Å²) in [6, 6.07) is 0. The molecule has 0 heterocycles. The van der Waals surface area contributed by atoms with Crippen LogP contribution < -0.4 is 0 Å². The first-order valence-electron chi connectivity index (χ1n) is 16.3. The van der Waals surface area contributed by atoms with Crippen LogP contribution in [0.15, 0.2) is 11.6 Å². The fraction of sp³-hybridized carbons (Fsp3) is 0.857. The standard InChI is InChI=1S/C35H54O6/c1-30(2)17-19-35(29(39)40)20-18-33(6)22(23(35)21-30)11-12-25-32(5)15-14-26(41-28(38)10-8-9-27(36)37)31(3,4)24(32)13-16-34(25,33)7/h11,23-26H,8-10,12-21H2,1-7H3,(H,36,37)(H,39,40)/t23-,24-,25+,26-,32-,33+,34+,35-/m0/s1. The van der Waals surface area contributed by atoms with E-state index in [1.807, 2.05) is 0 Å². The largest absolute Gasteiger partial charge is 0.481 e. The number of carboxylic acid groups (broad SMARTS) is 2. The molecule has 0 amide bonds. The van der Waals surface area contributed by atoms with Crippen molar-refractivity contribution in [3.05, 3.63) is 11.6 Å². The minimum Gasteiger partial charge on any atom is -0.481 e. The van der Waals surface area contributed by atoms with E-state index in [0.717, 1.165) is 64.2 Å². The van der Waals surface area contributed by atoms with Crippen LogP contribution in [-0.4, -0.2) is 34.2 Å². The molecule has 6 nitrogen and oxygen atoms in total. The van der Waals surface area contributed by atoms with Crippen LogP contribution in [0.25, 0.3) is 0 Å². The number of carbonyl (C=O) groups excluding carboxylic acids is 1. The third-order valence-electron chi connectivity index (χ3n) is 14.0. The fourth-order valence-corrected chi connectivity index (χ4v) is 11.4. The Kier molecular flexibility index (Phi) is 7.34. The molecule has 4 saturated carbocycles. The number of aliphatic carboxylic acids is 2. The Morgan fingerprint density at radius 2 is 1.54 bits per heavy atom. The van der Waals surface area contributed by atoms with E-state index in [2.05, 4.69) is 54.5 Å². The zero-order chi connectivity index (χ0) is 30.2. The summed E-state index contributed by atoms with van der Waals surface area (Å²) in [7, 11) is 0. The van der Waals surface area contributed by atoms with Gasteiger partial charge in [-0.05, 0) is 110 Å². The first-order valence-corrected chi connectivity index (χ1v) is 16.3. The van der Waals surface area contributed by atoms with Crippen molar-refractivity contribution in [2.45, 2.75) is 138 Å². The summed E-state index contributed by atoms with van der Waals surface area (Å²) in [5.41, 5.74) is 1.06. The average molecular weight is 571 g/mol. The summed E-state index contributed by atoms with van der Waals surface area (Å²) in [4.78, 5) is 36.4. The highest BCUT2D eigenvalue weighted by molar-refractivity contribution is 5.76. The van der Waals surface area contributed by atoms with E-state index in [1.165, 1.54) is 5.57 Å². The molecule has 8 atom stereocenters. The fourth-order valence-electron chi connectivity index (χ4n) is 11.4. The Balaban J connectivity index is 1.43. The van der Waals surface area contributed by atoms with Crippen LogP contribution in [0.2, 0.25) is 0 Å². The summed E-state index contributed by atoms with van der Waals surface area (Å²) < 4.78 is 6.06. The van der Waals surface area contributed by atoms with E-state index in [-0.39, 0.29) is 57.9 Å². The molecule has 0 spiro atoms. The number of esters is 1. The Labute approximate surface area is 247 Å². The molecule has 41 heavy (non-hydrogen) atoms. The molecule has 0 bridgehead atoms. The molecule has 230 valence electrons. The second kappa shape index (κ2) is 9.84. The molecule has 0 unspecified atom stereocenters. The molecule has 5 aliphatic rings.